The van der Waals surface area contributed by atoms with Gasteiger partial charge in [-0.3, -0.25) is 4.79 Å². The number of hydrogen-bond donors (Lipinski definition) is 1. The number of halogens is 4. The Hall–Kier alpha value is -1.86. The maximum atomic E-state index is 12.9. The van der Waals surface area contributed by atoms with Gasteiger partial charge in [-0.15, -0.1) is 0 Å². The summed E-state index contributed by atoms with van der Waals surface area (Å²) in [5, 5.41) is 2.67. The van der Waals surface area contributed by atoms with Gasteiger partial charge < -0.3 is 10.2 Å². The zero-order chi connectivity index (χ0) is 19.2. The highest BCUT2D eigenvalue weighted by atomic mass is 79.9. The molecule has 0 heterocycles. The molecule has 0 bridgehead atoms. The predicted molar refractivity (Wildman–Crippen MR) is 98.9 cm³/mol. The quantitative estimate of drug-likeness (QED) is 0.647. The Balaban J connectivity index is 1.80. The van der Waals surface area contributed by atoms with E-state index in [0.29, 0.717) is 13.0 Å². The second-order valence-corrected chi connectivity index (χ2v) is 6.88. The Kier molecular flexibility index (Phi) is 7.23. The van der Waals surface area contributed by atoms with Crippen LogP contribution in [0, 0.1) is 0 Å². The maximum Gasteiger partial charge on any atom is 0.417 e. The fourth-order valence-electron chi connectivity index (χ4n) is 2.51. The van der Waals surface area contributed by atoms with Gasteiger partial charge in [0.05, 0.1) is 5.56 Å². The van der Waals surface area contributed by atoms with Crippen molar-refractivity contribution < 1.29 is 18.0 Å². The van der Waals surface area contributed by atoms with Crippen LogP contribution in [0.1, 0.15) is 27.9 Å². The molecule has 26 heavy (non-hydrogen) atoms. The van der Waals surface area contributed by atoms with Crippen LogP contribution < -0.4 is 5.32 Å². The van der Waals surface area contributed by atoms with E-state index in [1.54, 1.807) is 0 Å². The molecule has 0 aromatic heterocycles. The van der Waals surface area contributed by atoms with Gasteiger partial charge in [-0.1, -0.05) is 46.3 Å². The van der Waals surface area contributed by atoms with E-state index >= 15 is 0 Å². The second kappa shape index (κ2) is 9.19. The van der Waals surface area contributed by atoms with Gasteiger partial charge >= 0.3 is 6.18 Å². The Morgan fingerprint density at radius 2 is 1.85 bits per heavy atom. The minimum atomic E-state index is -4.50. The first-order chi connectivity index (χ1) is 12.3. The maximum absolute atomic E-state index is 12.9. The largest absolute Gasteiger partial charge is 0.417 e. The lowest BCUT2D eigenvalue weighted by molar-refractivity contribution is -0.138. The highest BCUT2D eigenvalue weighted by molar-refractivity contribution is 9.10. The van der Waals surface area contributed by atoms with Crippen molar-refractivity contribution in [2.24, 2.45) is 0 Å². The first-order valence-electron chi connectivity index (χ1n) is 8.15. The molecule has 0 fully saturated rings. The summed E-state index contributed by atoms with van der Waals surface area (Å²) in [5.74, 6) is -0.506. The summed E-state index contributed by atoms with van der Waals surface area (Å²) in [7, 11) is 1.99. The number of rotatable bonds is 7. The molecule has 0 radical (unpaired) electrons. The van der Waals surface area contributed by atoms with Gasteiger partial charge in [0.2, 0.25) is 0 Å². The van der Waals surface area contributed by atoms with E-state index in [1.807, 2.05) is 37.4 Å². The van der Waals surface area contributed by atoms with Crippen molar-refractivity contribution in [2.45, 2.75) is 19.1 Å². The molecule has 140 valence electrons. The number of nitrogens with zero attached hydrogens (tertiary/aromatic N) is 1. The highest BCUT2D eigenvalue weighted by Gasteiger charge is 2.33. The third-order valence-electron chi connectivity index (χ3n) is 3.83. The normalized spacial score (nSPS) is 11.6. The standard InChI is InChI=1S/C19H20BrF3N2O/c1-25(13-14-6-3-2-4-7-14)11-5-10-24-18(26)15-8-9-17(20)16(12-15)19(21,22)23/h2-4,6-9,12H,5,10-11,13H2,1H3,(H,24,26). The van der Waals surface area contributed by atoms with Crippen molar-refractivity contribution in [2.75, 3.05) is 20.1 Å². The van der Waals surface area contributed by atoms with Gasteiger partial charge in [0.25, 0.3) is 5.91 Å². The molecule has 2 aromatic rings. The van der Waals surface area contributed by atoms with Crippen molar-refractivity contribution in [1.29, 1.82) is 0 Å². The topological polar surface area (TPSA) is 32.3 Å². The smallest absolute Gasteiger partial charge is 0.352 e. The SMILES string of the molecule is CN(CCCNC(=O)c1ccc(Br)c(C(F)(F)F)c1)Cc1ccccc1. The molecule has 3 nitrogen and oxygen atoms in total. The summed E-state index contributed by atoms with van der Waals surface area (Å²) in [6.07, 6.45) is -3.80. The van der Waals surface area contributed by atoms with Gasteiger partial charge in [-0.25, -0.2) is 0 Å². The predicted octanol–water partition coefficient (Wildman–Crippen LogP) is 4.72. The summed E-state index contributed by atoms with van der Waals surface area (Å²) in [6.45, 7) is 1.97. The third kappa shape index (κ3) is 6.14. The first kappa shape index (κ1) is 20.5. The van der Waals surface area contributed by atoms with Crippen LogP contribution >= 0.6 is 15.9 Å². The molecule has 0 unspecified atom stereocenters. The third-order valence-corrected chi connectivity index (χ3v) is 4.52. The van der Waals surface area contributed by atoms with Crippen LogP contribution in [0.25, 0.3) is 0 Å². The Morgan fingerprint density at radius 1 is 1.15 bits per heavy atom. The van der Waals surface area contributed by atoms with Crippen LogP contribution in [-0.2, 0) is 12.7 Å². The lowest BCUT2D eigenvalue weighted by atomic mass is 10.1. The fraction of sp³-hybridized carbons (Fsp3) is 0.316. The molecule has 2 aromatic carbocycles. The van der Waals surface area contributed by atoms with Gasteiger partial charge in [-0.2, -0.15) is 13.2 Å². The first-order valence-corrected chi connectivity index (χ1v) is 8.94. The van der Waals surface area contributed by atoms with E-state index in [-0.39, 0.29) is 10.0 Å². The summed E-state index contributed by atoms with van der Waals surface area (Å²) in [5.41, 5.74) is 0.347. The minimum Gasteiger partial charge on any atom is -0.352 e. The Labute approximate surface area is 159 Å². The molecule has 0 aliphatic rings. The van der Waals surface area contributed by atoms with Crippen molar-refractivity contribution in [3.8, 4) is 0 Å². The Morgan fingerprint density at radius 3 is 2.50 bits per heavy atom. The van der Waals surface area contributed by atoms with E-state index in [4.69, 9.17) is 0 Å². The average Bonchev–Trinajstić information content (AvgIpc) is 2.59. The summed E-state index contributed by atoms with van der Waals surface area (Å²) < 4.78 is 38.6. The van der Waals surface area contributed by atoms with Gasteiger partial charge in [0.1, 0.15) is 0 Å². The molecular weight excluding hydrogens is 409 g/mol. The zero-order valence-electron chi connectivity index (χ0n) is 14.3. The van der Waals surface area contributed by atoms with Crippen LogP contribution in [-0.4, -0.2) is 30.9 Å². The minimum absolute atomic E-state index is 0.00170. The molecule has 1 N–H and O–H groups in total. The van der Waals surface area contributed by atoms with Crippen LogP contribution in [0.4, 0.5) is 13.2 Å². The zero-order valence-corrected chi connectivity index (χ0v) is 15.9. The molecule has 7 heteroatoms. The number of nitrogens with one attached hydrogen (secondary N) is 1. The summed E-state index contributed by atoms with van der Waals surface area (Å²) in [4.78, 5) is 14.2. The lowest BCUT2D eigenvalue weighted by Crippen LogP contribution is -2.28. The van der Waals surface area contributed by atoms with Crippen molar-refractivity contribution in [3.05, 3.63) is 69.7 Å². The van der Waals surface area contributed by atoms with Gasteiger partial charge in [0, 0.05) is 23.1 Å². The number of carbonyl (C=O) groups is 1. The van der Waals surface area contributed by atoms with Crippen molar-refractivity contribution >= 4 is 21.8 Å². The molecule has 0 saturated carbocycles. The number of alkyl halides is 3. The molecule has 2 rings (SSSR count). The van der Waals surface area contributed by atoms with Crippen molar-refractivity contribution in [1.82, 2.24) is 10.2 Å². The van der Waals surface area contributed by atoms with Crippen LogP contribution in [0.2, 0.25) is 0 Å². The molecule has 0 atom stereocenters. The second-order valence-electron chi connectivity index (χ2n) is 6.03. The lowest BCUT2D eigenvalue weighted by Gasteiger charge is -2.17. The van der Waals surface area contributed by atoms with Crippen LogP contribution in [0.5, 0.6) is 0 Å². The molecule has 0 spiro atoms. The van der Waals surface area contributed by atoms with E-state index in [9.17, 15) is 18.0 Å². The fourth-order valence-corrected chi connectivity index (χ4v) is 2.98. The Bertz CT molecular complexity index is 735. The molecule has 1 amide bonds. The van der Waals surface area contributed by atoms with Gasteiger partial charge in [-0.05, 0) is 43.8 Å². The van der Waals surface area contributed by atoms with E-state index in [1.165, 1.54) is 17.7 Å². The highest BCUT2D eigenvalue weighted by Crippen LogP contribution is 2.35. The average molecular weight is 429 g/mol. The molecule has 0 aliphatic heterocycles. The van der Waals surface area contributed by atoms with Gasteiger partial charge in [0.15, 0.2) is 0 Å². The van der Waals surface area contributed by atoms with Crippen LogP contribution in [0.3, 0.4) is 0 Å². The summed E-state index contributed by atoms with van der Waals surface area (Å²) in [6, 6.07) is 13.5. The molecule has 0 aliphatic carbocycles. The summed E-state index contributed by atoms with van der Waals surface area (Å²) >= 11 is 2.87. The van der Waals surface area contributed by atoms with E-state index in [0.717, 1.165) is 19.2 Å². The van der Waals surface area contributed by atoms with E-state index < -0.39 is 17.6 Å². The van der Waals surface area contributed by atoms with Crippen molar-refractivity contribution in [3.63, 3.8) is 0 Å². The number of hydrogen-bond acceptors (Lipinski definition) is 2. The number of amides is 1. The molecular formula is C19H20BrF3N2O. The van der Waals surface area contributed by atoms with Crippen LogP contribution in [0.15, 0.2) is 53.0 Å². The number of benzene rings is 2. The van der Waals surface area contributed by atoms with E-state index in [2.05, 4.69) is 26.1 Å². The monoisotopic (exact) mass is 428 g/mol. The molecule has 0 saturated heterocycles. The number of carbonyl (C=O) groups excluding carboxylic acids is 1.